The second-order valence-corrected chi connectivity index (χ2v) is 8.99. The van der Waals surface area contributed by atoms with Crippen molar-refractivity contribution in [1.82, 2.24) is 14.2 Å². The van der Waals surface area contributed by atoms with Crippen molar-refractivity contribution in [3.8, 4) is 0 Å². The van der Waals surface area contributed by atoms with Crippen molar-refractivity contribution >= 4 is 10.0 Å². The maximum absolute atomic E-state index is 12.7. The van der Waals surface area contributed by atoms with E-state index in [0.29, 0.717) is 30.5 Å². The Balaban J connectivity index is 1.55. The number of hydrogen-bond acceptors (Lipinski definition) is 5. The molecule has 0 N–H and O–H groups in total. The summed E-state index contributed by atoms with van der Waals surface area (Å²) in [7, 11) is -3.41. The maximum atomic E-state index is 12.7. The van der Waals surface area contributed by atoms with E-state index in [1.807, 2.05) is 30.1 Å². The molecule has 1 atom stereocenters. The van der Waals surface area contributed by atoms with Crippen LogP contribution in [0.25, 0.3) is 0 Å². The van der Waals surface area contributed by atoms with Crippen LogP contribution in [0, 0.1) is 5.92 Å². The zero-order valence-electron chi connectivity index (χ0n) is 14.4. The second kappa shape index (κ2) is 7.06. The number of halogens is 3. The third kappa shape index (κ3) is 3.73. The van der Waals surface area contributed by atoms with E-state index < -0.39 is 21.1 Å². The van der Waals surface area contributed by atoms with Gasteiger partial charge in [0.25, 0.3) is 0 Å². The minimum atomic E-state index is -5.24. The molecule has 26 heavy (non-hydrogen) atoms. The molecule has 0 saturated carbocycles. The lowest BCUT2D eigenvalue weighted by atomic mass is 9.77. The van der Waals surface area contributed by atoms with Crippen molar-refractivity contribution in [2.75, 3.05) is 33.3 Å². The van der Waals surface area contributed by atoms with Gasteiger partial charge >= 0.3 is 15.5 Å². The van der Waals surface area contributed by atoms with Gasteiger partial charge in [-0.15, -0.1) is 0 Å². The molecule has 0 aromatic carbocycles. The van der Waals surface area contributed by atoms with Gasteiger partial charge in [-0.05, 0) is 44.5 Å². The molecule has 2 aliphatic heterocycles. The molecular weight excluding hydrogens is 371 g/mol. The molecule has 0 radical (unpaired) electrons. The van der Waals surface area contributed by atoms with Gasteiger partial charge in [-0.1, -0.05) is 6.07 Å². The van der Waals surface area contributed by atoms with Crippen LogP contribution < -0.4 is 0 Å². The first-order valence-electron chi connectivity index (χ1n) is 8.39. The molecule has 0 amide bonds. The lowest BCUT2D eigenvalue weighted by Crippen LogP contribution is -2.73. The molecule has 0 bridgehead atoms. The molecule has 2 fully saturated rings. The van der Waals surface area contributed by atoms with Gasteiger partial charge in [0.15, 0.2) is 0 Å². The van der Waals surface area contributed by atoms with Crippen LogP contribution in [0.3, 0.4) is 0 Å². The lowest BCUT2D eigenvalue weighted by Gasteiger charge is -2.57. The summed E-state index contributed by atoms with van der Waals surface area (Å²) in [5.74, 6) is 0.186. The summed E-state index contributed by atoms with van der Waals surface area (Å²) in [4.78, 5) is 6.15. The highest BCUT2D eigenvalue weighted by Crippen LogP contribution is 2.42. The predicted octanol–water partition coefficient (Wildman–Crippen LogP) is 1.84. The first-order valence-corrected chi connectivity index (χ1v) is 9.83. The number of likely N-dealkylation sites (N-methyl/N-ethyl adjacent to an activating group) is 1. The summed E-state index contributed by atoms with van der Waals surface area (Å²) < 4.78 is 67.4. The fourth-order valence-corrected chi connectivity index (χ4v) is 4.77. The first kappa shape index (κ1) is 19.5. The molecule has 0 aliphatic carbocycles. The van der Waals surface area contributed by atoms with Crippen LogP contribution in [0.15, 0.2) is 24.4 Å². The Kier molecular flexibility index (Phi) is 5.31. The van der Waals surface area contributed by atoms with E-state index in [4.69, 9.17) is 4.74 Å². The molecule has 2 saturated heterocycles. The molecule has 3 rings (SSSR count). The standard InChI is InChI=1S/C16H22F3N3O3S/c1-21-7-5-13(9-25-10-14-4-2-3-6-20-14)8-15(21)11-22(12-15)26(23,24)16(17,18)19/h2-4,6,13H,5,7-12H2,1H3/t13-/m0/s1. The number of ether oxygens (including phenoxy) is 1. The van der Waals surface area contributed by atoms with Crippen LogP contribution in [-0.2, 0) is 21.4 Å². The third-order valence-electron chi connectivity index (χ3n) is 5.25. The lowest BCUT2D eigenvalue weighted by molar-refractivity contribution is -0.0804. The molecule has 1 aromatic rings. The van der Waals surface area contributed by atoms with Crippen LogP contribution in [0.4, 0.5) is 13.2 Å². The van der Waals surface area contributed by atoms with E-state index >= 15 is 0 Å². The van der Waals surface area contributed by atoms with Crippen molar-refractivity contribution < 1.29 is 26.3 Å². The Morgan fingerprint density at radius 3 is 2.69 bits per heavy atom. The minimum Gasteiger partial charge on any atom is -0.375 e. The summed E-state index contributed by atoms with van der Waals surface area (Å²) in [6, 6.07) is 5.56. The number of rotatable bonds is 5. The third-order valence-corrected chi connectivity index (χ3v) is 6.78. The van der Waals surface area contributed by atoms with Gasteiger partial charge in [0.1, 0.15) is 0 Å². The molecule has 3 heterocycles. The molecule has 2 aliphatic rings. The van der Waals surface area contributed by atoms with E-state index in [2.05, 4.69) is 4.98 Å². The smallest absolute Gasteiger partial charge is 0.375 e. The average molecular weight is 393 g/mol. The number of alkyl halides is 3. The van der Waals surface area contributed by atoms with Gasteiger partial charge in [0.2, 0.25) is 0 Å². The number of piperidine rings is 1. The van der Waals surface area contributed by atoms with Gasteiger partial charge in [0, 0.05) is 24.8 Å². The van der Waals surface area contributed by atoms with Crippen LogP contribution in [0.1, 0.15) is 18.5 Å². The highest BCUT2D eigenvalue weighted by atomic mass is 32.2. The molecule has 146 valence electrons. The Hall–Kier alpha value is -1.23. The minimum absolute atomic E-state index is 0.123. The van der Waals surface area contributed by atoms with Crippen molar-refractivity contribution in [3.63, 3.8) is 0 Å². The van der Waals surface area contributed by atoms with Gasteiger partial charge in [0.05, 0.1) is 18.9 Å². The largest absolute Gasteiger partial charge is 0.511 e. The van der Waals surface area contributed by atoms with Gasteiger partial charge in [-0.25, -0.2) is 8.42 Å². The number of nitrogens with zero attached hydrogens (tertiary/aromatic N) is 3. The van der Waals surface area contributed by atoms with E-state index in [-0.39, 0.29) is 19.0 Å². The van der Waals surface area contributed by atoms with Crippen LogP contribution in [0.2, 0.25) is 0 Å². The summed E-state index contributed by atoms with van der Waals surface area (Å²) >= 11 is 0. The number of likely N-dealkylation sites (tertiary alicyclic amines) is 1. The fraction of sp³-hybridized carbons (Fsp3) is 0.688. The summed E-state index contributed by atoms with van der Waals surface area (Å²) in [5.41, 5.74) is -4.95. The van der Waals surface area contributed by atoms with Gasteiger partial charge < -0.3 is 4.74 Å². The zero-order valence-corrected chi connectivity index (χ0v) is 15.3. The normalized spacial score (nSPS) is 24.5. The van der Waals surface area contributed by atoms with E-state index in [9.17, 15) is 21.6 Å². The van der Waals surface area contributed by atoms with Crippen LogP contribution in [0.5, 0.6) is 0 Å². The molecule has 1 spiro atoms. The summed E-state index contributed by atoms with van der Waals surface area (Å²) in [6.07, 6.45) is 3.18. The summed E-state index contributed by atoms with van der Waals surface area (Å²) in [5, 5.41) is 0. The zero-order chi connectivity index (χ0) is 19.0. The quantitative estimate of drug-likeness (QED) is 0.764. The highest BCUT2D eigenvalue weighted by Gasteiger charge is 2.60. The number of aromatic nitrogens is 1. The SMILES string of the molecule is CN1CC[C@H](COCc2ccccn2)CC12CN(S(=O)(=O)C(F)(F)F)C2. The van der Waals surface area contributed by atoms with Crippen molar-refractivity contribution in [3.05, 3.63) is 30.1 Å². The van der Waals surface area contributed by atoms with Crippen molar-refractivity contribution in [1.29, 1.82) is 0 Å². The Morgan fingerprint density at radius 1 is 1.35 bits per heavy atom. The Morgan fingerprint density at radius 2 is 2.08 bits per heavy atom. The average Bonchev–Trinajstić information content (AvgIpc) is 2.54. The highest BCUT2D eigenvalue weighted by molar-refractivity contribution is 7.90. The monoisotopic (exact) mass is 393 g/mol. The van der Waals surface area contributed by atoms with Gasteiger partial charge in [-0.2, -0.15) is 17.5 Å². The molecule has 6 nitrogen and oxygen atoms in total. The van der Waals surface area contributed by atoms with E-state index in [1.165, 1.54) is 0 Å². The van der Waals surface area contributed by atoms with Crippen LogP contribution in [-0.4, -0.2) is 66.9 Å². The van der Waals surface area contributed by atoms with E-state index in [0.717, 1.165) is 12.1 Å². The number of pyridine rings is 1. The summed E-state index contributed by atoms with van der Waals surface area (Å²) in [6.45, 7) is 1.33. The first-order chi connectivity index (χ1) is 12.1. The maximum Gasteiger partial charge on any atom is 0.511 e. The number of hydrogen-bond donors (Lipinski definition) is 0. The molecule has 0 unspecified atom stereocenters. The van der Waals surface area contributed by atoms with E-state index in [1.54, 1.807) is 6.20 Å². The Bertz CT molecular complexity index is 721. The molecule has 10 heteroatoms. The van der Waals surface area contributed by atoms with Crippen molar-refractivity contribution in [2.45, 2.75) is 30.5 Å². The number of sulfonamides is 1. The second-order valence-electron chi connectivity index (χ2n) is 7.06. The predicted molar refractivity (Wildman–Crippen MR) is 88.5 cm³/mol. The fourth-order valence-electron chi connectivity index (χ4n) is 3.66. The van der Waals surface area contributed by atoms with Crippen LogP contribution >= 0.6 is 0 Å². The van der Waals surface area contributed by atoms with Crippen molar-refractivity contribution in [2.24, 2.45) is 5.92 Å². The topological polar surface area (TPSA) is 62.7 Å². The molecular formula is C16H22F3N3O3S. The van der Waals surface area contributed by atoms with Gasteiger partial charge in [-0.3, -0.25) is 9.88 Å². The Labute approximate surface area is 151 Å². The molecule has 1 aromatic heterocycles.